The molecule has 168 valence electrons. The number of unbranched alkanes of at least 4 members (excludes halogenated alkanes) is 1. The van der Waals surface area contributed by atoms with E-state index in [0.717, 1.165) is 61.6 Å². The van der Waals surface area contributed by atoms with Gasteiger partial charge in [0.05, 0.1) is 17.1 Å². The van der Waals surface area contributed by atoms with Crippen molar-refractivity contribution in [3.63, 3.8) is 0 Å². The summed E-state index contributed by atoms with van der Waals surface area (Å²) >= 11 is 0. The van der Waals surface area contributed by atoms with Gasteiger partial charge < -0.3 is 20.9 Å². The fourth-order valence-electron chi connectivity index (χ4n) is 3.80. The van der Waals surface area contributed by atoms with E-state index in [1.165, 1.54) is 0 Å². The van der Waals surface area contributed by atoms with Crippen molar-refractivity contribution in [3.8, 4) is 0 Å². The van der Waals surface area contributed by atoms with E-state index in [9.17, 15) is 8.78 Å². The molecule has 0 unspecified atom stereocenters. The molecule has 3 rings (SSSR count). The summed E-state index contributed by atoms with van der Waals surface area (Å²) in [7, 11) is 0. The number of hydrogen-bond donors (Lipinski definition) is 3. The Labute approximate surface area is 184 Å². The van der Waals surface area contributed by atoms with Crippen LogP contribution in [0.3, 0.4) is 0 Å². The molecule has 2 heterocycles. The second kappa shape index (κ2) is 11.6. The Kier molecular flexibility index (Phi) is 8.64. The van der Waals surface area contributed by atoms with Crippen LogP contribution in [-0.2, 0) is 0 Å². The van der Waals surface area contributed by atoms with Gasteiger partial charge in [0.15, 0.2) is 0 Å². The highest BCUT2D eigenvalue weighted by molar-refractivity contribution is 6.12. The Hall–Kier alpha value is -2.67. The van der Waals surface area contributed by atoms with E-state index in [0.29, 0.717) is 12.2 Å². The van der Waals surface area contributed by atoms with Crippen molar-refractivity contribution in [1.82, 2.24) is 20.9 Å². The minimum absolute atomic E-state index is 0.153. The second-order valence-corrected chi connectivity index (χ2v) is 7.70. The topological polar surface area (TPSA) is 51.7 Å². The van der Waals surface area contributed by atoms with E-state index < -0.39 is 6.43 Å². The minimum atomic E-state index is -2.48. The molecule has 3 aliphatic rings. The number of rotatable bonds is 8. The number of aliphatic imine (C=N–C) groups is 1. The summed E-state index contributed by atoms with van der Waals surface area (Å²) in [5.74, 6) is 0. The maximum Gasteiger partial charge on any atom is 0.263 e. The van der Waals surface area contributed by atoms with Crippen LogP contribution in [0.1, 0.15) is 26.7 Å². The van der Waals surface area contributed by atoms with Gasteiger partial charge in [-0.2, -0.15) is 0 Å². The largest absolute Gasteiger partial charge is 0.385 e. The molecule has 3 N–H and O–H groups in total. The number of nitrogens with one attached hydrogen (secondary N) is 3. The van der Waals surface area contributed by atoms with Gasteiger partial charge in [-0.3, -0.25) is 4.99 Å². The van der Waals surface area contributed by atoms with E-state index in [1.807, 2.05) is 19.2 Å². The summed E-state index contributed by atoms with van der Waals surface area (Å²) in [6.45, 7) is 7.84. The third-order valence-electron chi connectivity index (χ3n) is 5.39. The van der Waals surface area contributed by atoms with Crippen LogP contribution in [0.25, 0.3) is 0 Å². The van der Waals surface area contributed by atoms with Crippen molar-refractivity contribution in [1.29, 1.82) is 0 Å². The Morgan fingerprint density at radius 2 is 2.06 bits per heavy atom. The molecule has 0 saturated carbocycles. The zero-order chi connectivity index (χ0) is 22.1. The van der Waals surface area contributed by atoms with Crippen LogP contribution in [0.15, 0.2) is 75.9 Å². The van der Waals surface area contributed by atoms with Crippen molar-refractivity contribution < 1.29 is 8.78 Å². The number of piperazine rings is 1. The number of nitrogens with zero attached hydrogens (tertiary/aromatic N) is 2. The van der Waals surface area contributed by atoms with E-state index >= 15 is 0 Å². The van der Waals surface area contributed by atoms with Crippen molar-refractivity contribution >= 4 is 5.71 Å². The number of dihydropyridines is 1. The van der Waals surface area contributed by atoms with Crippen LogP contribution >= 0.6 is 0 Å². The van der Waals surface area contributed by atoms with Crippen LogP contribution in [0.5, 0.6) is 0 Å². The number of hydrogen-bond acceptors (Lipinski definition) is 5. The van der Waals surface area contributed by atoms with Crippen LogP contribution in [0.2, 0.25) is 0 Å². The predicted molar refractivity (Wildman–Crippen MR) is 124 cm³/mol. The standard InChI is InChI=1S/C24H33F2N5/c1-3-5-6-19-8-7-18(14-21(19)29-9-4-2)15-30-22-17-28-16-20(24(25)26)23(22)31-12-10-27-11-13-31/h4,6-9,14,17,24,27-28,30H,3,5,10-13,15-16H2,1-2H3/b9-4-,19-6+,29-21+. The molecule has 2 aliphatic heterocycles. The maximum atomic E-state index is 13.8. The first-order valence-corrected chi connectivity index (χ1v) is 11.1. The van der Waals surface area contributed by atoms with E-state index in [2.05, 4.69) is 57.1 Å². The molecular formula is C24H33F2N5. The summed E-state index contributed by atoms with van der Waals surface area (Å²) < 4.78 is 27.5. The van der Waals surface area contributed by atoms with Crippen LogP contribution in [0.4, 0.5) is 8.78 Å². The number of allylic oxidation sites excluding steroid dienone is 5. The summed E-state index contributed by atoms with van der Waals surface area (Å²) in [6.07, 6.45) is 13.5. The molecule has 0 bridgehead atoms. The molecule has 0 aromatic carbocycles. The van der Waals surface area contributed by atoms with E-state index in [-0.39, 0.29) is 12.1 Å². The lowest BCUT2D eigenvalue weighted by atomic mass is 9.98. The van der Waals surface area contributed by atoms with Crippen LogP contribution in [-0.4, -0.2) is 56.3 Å². The molecule has 0 spiro atoms. The first-order chi connectivity index (χ1) is 15.1. The second-order valence-electron chi connectivity index (χ2n) is 7.70. The zero-order valence-electron chi connectivity index (χ0n) is 18.4. The normalized spacial score (nSPS) is 22.4. The molecule has 0 aromatic rings. The van der Waals surface area contributed by atoms with Crippen LogP contribution in [0, 0.1) is 0 Å². The molecular weight excluding hydrogens is 396 g/mol. The molecule has 5 nitrogen and oxygen atoms in total. The lowest BCUT2D eigenvalue weighted by Crippen LogP contribution is -2.46. The van der Waals surface area contributed by atoms with E-state index in [1.54, 1.807) is 6.20 Å². The number of alkyl halides is 2. The smallest absolute Gasteiger partial charge is 0.263 e. The highest BCUT2D eigenvalue weighted by atomic mass is 19.3. The van der Waals surface area contributed by atoms with Gasteiger partial charge in [-0.15, -0.1) is 0 Å². The van der Waals surface area contributed by atoms with E-state index in [4.69, 9.17) is 0 Å². The van der Waals surface area contributed by atoms with Gasteiger partial charge in [-0.05, 0) is 30.6 Å². The van der Waals surface area contributed by atoms with Crippen molar-refractivity contribution in [2.45, 2.75) is 33.1 Å². The molecule has 0 amide bonds. The Morgan fingerprint density at radius 3 is 2.77 bits per heavy atom. The Balaban J connectivity index is 1.77. The molecule has 31 heavy (non-hydrogen) atoms. The van der Waals surface area contributed by atoms with Gasteiger partial charge in [0, 0.05) is 57.2 Å². The SMILES string of the molecule is C\C=C/N=C1\C=C(CNC2=CNCC(C(F)F)=C2N2CCNCC2)C=C\C1=C/CCC. The summed E-state index contributed by atoms with van der Waals surface area (Å²) in [5.41, 5.74) is 4.61. The lowest BCUT2D eigenvalue weighted by molar-refractivity contribution is 0.177. The van der Waals surface area contributed by atoms with Crippen LogP contribution < -0.4 is 16.0 Å². The molecule has 0 atom stereocenters. The fraction of sp³-hybridized carbons (Fsp3) is 0.458. The average Bonchev–Trinajstić information content (AvgIpc) is 2.80. The lowest BCUT2D eigenvalue weighted by Gasteiger charge is -2.36. The summed E-state index contributed by atoms with van der Waals surface area (Å²) in [4.78, 5) is 6.63. The summed E-state index contributed by atoms with van der Waals surface area (Å²) in [6, 6.07) is 0. The molecule has 0 radical (unpaired) electrons. The Bertz CT molecular complexity index is 840. The molecule has 1 fully saturated rings. The molecule has 7 heteroatoms. The zero-order valence-corrected chi connectivity index (χ0v) is 18.4. The number of halogens is 2. The highest BCUT2D eigenvalue weighted by Crippen LogP contribution is 2.26. The van der Waals surface area contributed by atoms with Crippen molar-refractivity contribution in [2.75, 3.05) is 39.3 Å². The van der Waals surface area contributed by atoms with Crippen molar-refractivity contribution in [3.05, 3.63) is 70.9 Å². The first kappa shape index (κ1) is 23.0. The van der Waals surface area contributed by atoms with Gasteiger partial charge in [-0.1, -0.05) is 37.6 Å². The van der Waals surface area contributed by atoms with Gasteiger partial charge >= 0.3 is 0 Å². The quantitative estimate of drug-likeness (QED) is 0.551. The molecule has 0 aromatic heterocycles. The third kappa shape index (κ3) is 6.17. The monoisotopic (exact) mass is 429 g/mol. The van der Waals surface area contributed by atoms with Gasteiger partial charge in [0.1, 0.15) is 0 Å². The maximum absolute atomic E-state index is 13.8. The predicted octanol–water partition coefficient (Wildman–Crippen LogP) is 3.64. The average molecular weight is 430 g/mol. The fourth-order valence-corrected chi connectivity index (χ4v) is 3.80. The first-order valence-electron chi connectivity index (χ1n) is 11.1. The minimum Gasteiger partial charge on any atom is -0.385 e. The highest BCUT2D eigenvalue weighted by Gasteiger charge is 2.27. The van der Waals surface area contributed by atoms with Gasteiger partial charge in [0.2, 0.25) is 0 Å². The molecule has 1 aliphatic carbocycles. The van der Waals surface area contributed by atoms with Gasteiger partial charge in [-0.25, -0.2) is 8.78 Å². The Morgan fingerprint density at radius 1 is 1.26 bits per heavy atom. The molecule has 1 saturated heterocycles. The summed E-state index contributed by atoms with van der Waals surface area (Å²) in [5, 5.41) is 9.68. The van der Waals surface area contributed by atoms with Gasteiger partial charge in [0.25, 0.3) is 6.43 Å². The third-order valence-corrected chi connectivity index (χ3v) is 5.39. The van der Waals surface area contributed by atoms with Crippen molar-refractivity contribution in [2.24, 2.45) is 4.99 Å².